The van der Waals surface area contributed by atoms with Crippen LogP contribution in [0.1, 0.15) is 0 Å². The summed E-state index contributed by atoms with van der Waals surface area (Å²) < 4.78 is 97.8. The summed E-state index contributed by atoms with van der Waals surface area (Å²) in [5.74, 6) is -0.979. The van der Waals surface area contributed by atoms with Gasteiger partial charge in [-0.05, 0) is 41.8 Å². The second-order valence-corrected chi connectivity index (χ2v) is 11.0. The lowest BCUT2D eigenvalue weighted by molar-refractivity contribution is 0.472. The molecule has 0 radical (unpaired) electrons. The van der Waals surface area contributed by atoms with Gasteiger partial charge < -0.3 is 10.8 Å². The minimum atomic E-state index is -5.12. The van der Waals surface area contributed by atoms with Crippen molar-refractivity contribution in [1.82, 2.24) is 0 Å². The number of nitrogens with zero attached hydrogens (tertiary/aromatic N) is 2. The minimum absolute atomic E-state index is 0.00475. The zero-order chi connectivity index (χ0) is 24.9. The van der Waals surface area contributed by atoms with Crippen molar-refractivity contribution < 1.29 is 44.0 Å². The van der Waals surface area contributed by atoms with Crippen molar-refractivity contribution in [1.29, 1.82) is 0 Å². The number of nitrogen functional groups attached to an aromatic ring is 1. The van der Waals surface area contributed by atoms with Crippen molar-refractivity contribution in [3.05, 3.63) is 41.4 Å². The Morgan fingerprint density at radius 3 is 1.94 bits per heavy atom. The fourth-order valence-electron chi connectivity index (χ4n) is 2.79. The molecular formula is C16H12ClN3O10S3. The molecule has 3 rings (SSSR count). The number of hydrogen-bond acceptors (Lipinski definition) is 10. The smallest absolute Gasteiger partial charge is 0.296 e. The van der Waals surface area contributed by atoms with E-state index in [1.807, 2.05) is 0 Å². The highest BCUT2D eigenvalue weighted by atomic mass is 35.5. The van der Waals surface area contributed by atoms with Crippen LogP contribution in [-0.4, -0.2) is 44.0 Å². The molecule has 0 aliphatic rings. The van der Waals surface area contributed by atoms with Gasteiger partial charge in [0.25, 0.3) is 30.4 Å². The Morgan fingerprint density at radius 1 is 0.788 bits per heavy atom. The standard InChI is InChI=1S/C16H12ClN3O10S3/c17-10-6-9(31(22,23)24)3-7-4-13(33(28,29)30)15(16(21)14(7)10)20-19-11-5-8(18)1-2-12(11)32(25,26)27/h1-6,21H,18H2,(H,22,23,24)(H,25,26,27)(H,28,29,30). The molecule has 3 aromatic rings. The zero-order valence-electron chi connectivity index (χ0n) is 15.8. The average molecular weight is 538 g/mol. The Morgan fingerprint density at radius 2 is 1.39 bits per heavy atom. The highest BCUT2D eigenvalue weighted by molar-refractivity contribution is 7.86. The number of nitrogens with two attached hydrogens (primary N) is 1. The molecule has 0 saturated carbocycles. The minimum Gasteiger partial charge on any atom is -0.505 e. The average Bonchev–Trinajstić information content (AvgIpc) is 2.64. The van der Waals surface area contributed by atoms with E-state index < -0.39 is 67.2 Å². The van der Waals surface area contributed by atoms with Crippen LogP contribution in [0.5, 0.6) is 5.75 Å². The summed E-state index contributed by atoms with van der Waals surface area (Å²) in [7, 11) is -14.7. The summed E-state index contributed by atoms with van der Waals surface area (Å²) in [5.41, 5.74) is 4.13. The fraction of sp³-hybridized carbons (Fsp3) is 0. The van der Waals surface area contributed by atoms with E-state index in [0.29, 0.717) is 6.07 Å². The van der Waals surface area contributed by atoms with Crippen molar-refractivity contribution in [3.63, 3.8) is 0 Å². The molecule has 0 amide bonds. The molecule has 0 saturated heterocycles. The second kappa shape index (κ2) is 8.17. The Hall–Kier alpha value is -2.86. The van der Waals surface area contributed by atoms with Gasteiger partial charge in [0.1, 0.15) is 21.2 Å². The maximum absolute atomic E-state index is 11.9. The Balaban J connectivity index is 2.38. The van der Waals surface area contributed by atoms with Crippen molar-refractivity contribution >= 4 is 69.8 Å². The molecule has 13 nitrogen and oxygen atoms in total. The van der Waals surface area contributed by atoms with E-state index in [-0.39, 0.29) is 16.5 Å². The number of fused-ring (bicyclic) bond motifs is 1. The van der Waals surface area contributed by atoms with E-state index in [0.717, 1.165) is 30.3 Å². The summed E-state index contributed by atoms with van der Waals surface area (Å²) in [6, 6.07) is 5.25. The van der Waals surface area contributed by atoms with Gasteiger partial charge >= 0.3 is 0 Å². The van der Waals surface area contributed by atoms with Crippen LogP contribution in [0, 0.1) is 0 Å². The molecule has 3 aromatic carbocycles. The lowest BCUT2D eigenvalue weighted by Crippen LogP contribution is -2.01. The molecule has 17 heteroatoms. The van der Waals surface area contributed by atoms with Crippen LogP contribution in [0.15, 0.2) is 61.3 Å². The number of benzene rings is 3. The van der Waals surface area contributed by atoms with Gasteiger partial charge in [-0.3, -0.25) is 13.7 Å². The van der Waals surface area contributed by atoms with Crippen molar-refractivity contribution in [3.8, 4) is 5.75 Å². The first-order chi connectivity index (χ1) is 15.0. The monoisotopic (exact) mass is 537 g/mol. The number of azo groups is 1. The number of anilines is 1. The molecule has 33 heavy (non-hydrogen) atoms. The third-order valence-electron chi connectivity index (χ3n) is 4.17. The summed E-state index contributed by atoms with van der Waals surface area (Å²) in [4.78, 5) is -2.53. The quantitative estimate of drug-likeness (QED) is 0.180. The fourth-order valence-corrected chi connectivity index (χ4v) is 4.97. The first kappa shape index (κ1) is 24.8. The first-order valence-corrected chi connectivity index (χ1v) is 12.9. The number of phenolic OH excluding ortho intramolecular Hbond substituents is 1. The summed E-state index contributed by atoms with van der Waals surface area (Å²) in [6.45, 7) is 0. The molecule has 0 aliphatic carbocycles. The normalized spacial score (nSPS) is 13.1. The Labute approximate surface area is 191 Å². The van der Waals surface area contributed by atoms with Crippen LogP contribution in [0.4, 0.5) is 17.1 Å². The van der Waals surface area contributed by atoms with Crippen LogP contribution in [0.2, 0.25) is 5.02 Å². The van der Waals surface area contributed by atoms with Gasteiger partial charge in [-0.25, -0.2) is 0 Å². The maximum Gasteiger partial charge on any atom is 0.296 e. The van der Waals surface area contributed by atoms with E-state index in [1.165, 1.54) is 0 Å². The van der Waals surface area contributed by atoms with Crippen molar-refractivity contribution in [2.45, 2.75) is 14.7 Å². The van der Waals surface area contributed by atoms with Crippen LogP contribution in [-0.2, 0) is 30.4 Å². The predicted octanol–water partition coefficient (Wildman–Crippen LogP) is 2.94. The molecule has 0 bridgehead atoms. The van der Waals surface area contributed by atoms with Crippen LogP contribution in [0.25, 0.3) is 10.8 Å². The lowest BCUT2D eigenvalue weighted by Gasteiger charge is -2.11. The van der Waals surface area contributed by atoms with Gasteiger partial charge in [0, 0.05) is 11.1 Å². The molecule has 176 valence electrons. The van der Waals surface area contributed by atoms with Gasteiger partial charge in [0.2, 0.25) is 0 Å². The lowest BCUT2D eigenvalue weighted by atomic mass is 10.1. The van der Waals surface area contributed by atoms with Crippen LogP contribution in [0.3, 0.4) is 0 Å². The third-order valence-corrected chi connectivity index (χ3v) is 7.07. The number of phenols is 1. The van der Waals surface area contributed by atoms with Gasteiger partial charge in [-0.1, -0.05) is 11.6 Å². The predicted molar refractivity (Wildman–Crippen MR) is 115 cm³/mol. The second-order valence-electron chi connectivity index (χ2n) is 6.43. The number of hydrogen-bond donors (Lipinski definition) is 5. The highest BCUT2D eigenvalue weighted by Crippen LogP contribution is 2.45. The van der Waals surface area contributed by atoms with E-state index in [4.69, 9.17) is 17.3 Å². The molecule has 6 N–H and O–H groups in total. The number of aromatic hydroxyl groups is 1. The SMILES string of the molecule is Nc1ccc(S(=O)(=O)O)c(N=Nc2c(S(=O)(=O)O)cc3cc(S(=O)(=O)O)cc(Cl)c3c2O)c1. The molecule has 0 aliphatic heterocycles. The zero-order valence-corrected chi connectivity index (χ0v) is 19.0. The third kappa shape index (κ3) is 5.06. The maximum atomic E-state index is 11.9. The molecular weight excluding hydrogens is 526 g/mol. The molecule has 0 fully saturated rings. The largest absolute Gasteiger partial charge is 0.505 e. The molecule has 0 aromatic heterocycles. The first-order valence-electron chi connectivity index (χ1n) is 8.23. The van der Waals surface area contributed by atoms with Crippen molar-refractivity contribution in [2.75, 3.05) is 5.73 Å². The number of halogens is 1. The van der Waals surface area contributed by atoms with Crippen molar-refractivity contribution in [2.24, 2.45) is 10.2 Å². The van der Waals surface area contributed by atoms with Gasteiger partial charge in [0.15, 0.2) is 5.75 Å². The molecule has 0 heterocycles. The van der Waals surface area contributed by atoms with Crippen LogP contribution >= 0.6 is 11.6 Å². The van der Waals surface area contributed by atoms with E-state index >= 15 is 0 Å². The Bertz CT molecular complexity index is 1670. The Kier molecular flexibility index (Phi) is 6.13. The van der Waals surface area contributed by atoms with E-state index in [9.17, 15) is 44.0 Å². The van der Waals surface area contributed by atoms with Gasteiger partial charge in [-0.2, -0.15) is 25.3 Å². The highest BCUT2D eigenvalue weighted by Gasteiger charge is 2.25. The number of rotatable bonds is 5. The summed E-state index contributed by atoms with van der Waals surface area (Å²) >= 11 is 5.99. The molecule has 0 spiro atoms. The molecule has 0 atom stereocenters. The van der Waals surface area contributed by atoms with Gasteiger partial charge in [-0.15, -0.1) is 10.2 Å². The molecule has 0 unspecified atom stereocenters. The van der Waals surface area contributed by atoms with Gasteiger partial charge in [0.05, 0.1) is 9.92 Å². The topological polar surface area (TPSA) is 234 Å². The van der Waals surface area contributed by atoms with E-state index in [1.54, 1.807) is 0 Å². The van der Waals surface area contributed by atoms with Crippen LogP contribution < -0.4 is 5.73 Å². The summed E-state index contributed by atoms with van der Waals surface area (Å²) in [6.07, 6.45) is 0. The summed E-state index contributed by atoms with van der Waals surface area (Å²) in [5, 5.41) is 16.5. The van der Waals surface area contributed by atoms with E-state index in [2.05, 4.69) is 10.2 Å².